The van der Waals surface area contributed by atoms with E-state index in [1.165, 1.54) is 0 Å². The molecule has 0 aliphatic heterocycles. The Hall–Kier alpha value is -0.540. The van der Waals surface area contributed by atoms with Crippen LogP contribution in [0.2, 0.25) is 0 Å². The SMILES string of the molecule is CC(C)CCOCCOCCOCCOCCCC(=O)CCNC(=O)CBr. The standard InChI is InChI=1S/C19H36BrNO6/c1-17(2)6-9-25-11-13-27-15-14-26-12-10-24-8-3-4-18(22)5-7-21-19(23)16-20/h17H,3-16H2,1-2H3,(H,21,23). The number of halogens is 1. The Kier molecular flexibility index (Phi) is 19.8. The van der Waals surface area contributed by atoms with E-state index >= 15 is 0 Å². The van der Waals surface area contributed by atoms with Gasteiger partial charge in [-0.05, 0) is 18.8 Å². The minimum absolute atomic E-state index is 0.105. The number of nitrogens with one attached hydrogen (secondary N) is 1. The average Bonchev–Trinajstić information content (AvgIpc) is 2.64. The Morgan fingerprint density at radius 2 is 1.33 bits per heavy atom. The fourth-order valence-corrected chi connectivity index (χ4v) is 2.16. The van der Waals surface area contributed by atoms with Gasteiger partial charge < -0.3 is 24.3 Å². The van der Waals surface area contributed by atoms with Crippen LogP contribution >= 0.6 is 15.9 Å². The summed E-state index contributed by atoms with van der Waals surface area (Å²) < 4.78 is 21.7. The summed E-state index contributed by atoms with van der Waals surface area (Å²) in [4.78, 5) is 22.6. The number of rotatable bonds is 20. The van der Waals surface area contributed by atoms with Crippen LogP contribution in [0.3, 0.4) is 0 Å². The van der Waals surface area contributed by atoms with Crippen molar-refractivity contribution < 1.29 is 28.5 Å². The first kappa shape index (κ1) is 26.5. The third kappa shape index (κ3) is 21.6. The first-order valence-corrected chi connectivity index (χ1v) is 10.8. The number of carbonyl (C=O) groups is 2. The van der Waals surface area contributed by atoms with Gasteiger partial charge in [0.15, 0.2) is 0 Å². The molecule has 0 saturated heterocycles. The van der Waals surface area contributed by atoms with Crippen LogP contribution in [0.25, 0.3) is 0 Å². The van der Waals surface area contributed by atoms with E-state index in [2.05, 4.69) is 35.1 Å². The van der Waals surface area contributed by atoms with Gasteiger partial charge in [0.05, 0.1) is 45.0 Å². The molecule has 1 amide bonds. The van der Waals surface area contributed by atoms with Crippen molar-refractivity contribution in [1.82, 2.24) is 5.32 Å². The molecule has 0 aliphatic rings. The highest BCUT2D eigenvalue weighted by Gasteiger charge is 2.03. The molecule has 0 aliphatic carbocycles. The summed E-state index contributed by atoms with van der Waals surface area (Å²) in [5.41, 5.74) is 0. The zero-order valence-corrected chi connectivity index (χ0v) is 18.4. The lowest BCUT2D eigenvalue weighted by atomic mass is 10.1. The Balaban J connectivity index is 3.16. The van der Waals surface area contributed by atoms with E-state index in [0.717, 1.165) is 13.0 Å². The van der Waals surface area contributed by atoms with Crippen molar-refractivity contribution in [3.63, 3.8) is 0 Å². The van der Waals surface area contributed by atoms with E-state index in [0.29, 0.717) is 78.0 Å². The number of amides is 1. The molecule has 0 heterocycles. The van der Waals surface area contributed by atoms with Crippen LogP contribution < -0.4 is 5.32 Å². The molecule has 0 bridgehead atoms. The van der Waals surface area contributed by atoms with Gasteiger partial charge in [0.1, 0.15) is 5.78 Å². The zero-order chi connectivity index (χ0) is 20.2. The van der Waals surface area contributed by atoms with Crippen LogP contribution in [0.15, 0.2) is 0 Å². The largest absolute Gasteiger partial charge is 0.379 e. The molecule has 0 unspecified atom stereocenters. The number of alkyl halides is 1. The monoisotopic (exact) mass is 453 g/mol. The molecule has 0 aromatic carbocycles. The lowest BCUT2D eigenvalue weighted by molar-refractivity contribution is -0.120. The quantitative estimate of drug-likeness (QED) is 0.225. The van der Waals surface area contributed by atoms with Crippen LogP contribution in [0, 0.1) is 5.92 Å². The second-order valence-electron chi connectivity index (χ2n) is 6.51. The van der Waals surface area contributed by atoms with Gasteiger partial charge >= 0.3 is 0 Å². The third-order valence-corrected chi connectivity index (χ3v) is 4.06. The van der Waals surface area contributed by atoms with Crippen LogP contribution in [0.4, 0.5) is 0 Å². The Bertz CT molecular complexity index is 368. The molecule has 0 spiro atoms. The molecule has 0 rings (SSSR count). The van der Waals surface area contributed by atoms with Crippen molar-refractivity contribution in [2.45, 2.75) is 39.5 Å². The second-order valence-corrected chi connectivity index (χ2v) is 7.07. The summed E-state index contributed by atoms with van der Waals surface area (Å²) in [5, 5.41) is 2.91. The van der Waals surface area contributed by atoms with E-state index in [-0.39, 0.29) is 17.0 Å². The molecule has 0 saturated carbocycles. The molecule has 0 fully saturated rings. The van der Waals surface area contributed by atoms with Gasteiger partial charge in [-0.3, -0.25) is 9.59 Å². The normalized spacial score (nSPS) is 11.1. The summed E-state index contributed by atoms with van der Waals surface area (Å²) in [7, 11) is 0. The topological polar surface area (TPSA) is 83.1 Å². The Morgan fingerprint density at radius 1 is 0.815 bits per heavy atom. The number of ether oxygens (including phenoxy) is 4. The highest BCUT2D eigenvalue weighted by Crippen LogP contribution is 1.98. The van der Waals surface area contributed by atoms with E-state index in [1.807, 2.05) is 0 Å². The van der Waals surface area contributed by atoms with Crippen molar-refractivity contribution in [3.05, 3.63) is 0 Å². The molecular formula is C19H36BrNO6. The maximum absolute atomic E-state index is 11.6. The zero-order valence-electron chi connectivity index (χ0n) is 16.8. The first-order valence-electron chi connectivity index (χ1n) is 9.71. The highest BCUT2D eigenvalue weighted by atomic mass is 79.9. The maximum atomic E-state index is 11.6. The van der Waals surface area contributed by atoms with Gasteiger partial charge in [-0.25, -0.2) is 0 Å². The van der Waals surface area contributed by atoms with E-state index < -0.39 is 0 Å². The number of carbonyl (C=O) groups excluding carboxylic acids is 2. The lowest BCUT2D eigenvalue weighted by Gasteiger charge is -2.08. The summed E-state index contributed by atoms with van der Waals surface area (Å²) in [5.74, 6) is 0.696. The van der Waals surface area contributed by atoms with E-state index in [9.17, 15) is 9.59 Å². The van der Waals surface area contributed by atoms with Gasteiger partial charge in [-0.2, -0.15) is 0 Å². The van der Waals surface area contributed by atoms with Gasteiger partial charge in [-0.1, -0.05) is 29.8 Å². The summed E-state index contributed by atoms with van der Waals surface area (Å²) >= 11 is 3.05. The maximum Gasteiger partial charge on any atom is 0.230 e. The number of hydrogen-bond acceptors (Lipinski definition) is 6. The fourth-order valence-electron chi connectivity index (χ4n) is 1.97. The molecule has 27 heavy (non-hydrogen) atoms. The third-order valence-electron chi connectivity index (χ3n) is 3.55. The number of hydrogen-bond donors (Lipinski definition) is 1. The van der Waals surface area contributed by atoms with Gasteiger partial charge in [0.2, 0.25) is 5.91 Å². The molecule has 0 atom stereocenters. The highest BCUT2D eigenvalue weighted by molar-refractivity contribution is 9.09. The second kappa shape index (κ2) is 20.2. The molecule has 7 nitrogen and oxygen atoms in total. The molecule has 0 radical (unpaired) electrons. The predicted molar refractivity (Wildman–Crippen MR) is 108 cm³/mol. The summed E-state index contributed by atoms with van der Waals surface area (Å²) in [6.45, 7) is 9.39. The summed E-state index contributed by atoms with van der Waals surface area (Å²) in [6.07, 6.45) is 2.60. The Morgan fingerprint density at radius 3 is 1.85 bits per heavy atom. The van der Waals surface area contributed by atoms with Crippen molar-refractivity contribution in [1.29, 1.82) is 0 Å². The van der Waals surface area contributed by atoms with Crippen molar-refractivity contribution in [2.24, 2.45) is 5.92 Å². The molecule has 0 aromatic heterocycles. The van der Waals surface area contributed by atoms with Crippen molar-refractivity contribution >= 4 is 27.6 Å². The van der Waals surface area contributed by atoms with Gasteiger partial charge in [0, 0.05) is 32.6 Å². The smallest absolute Gasteiger partial charge is 0.230 e. The number of ketones is 1. The fraction of sp³-hybridized carbons (Fsp3) is 0.895. The molecular weight excluding hydrogens is 418 g/mol. The number of Topliss-reactive ketones (excluding diaryl/α,β-unsaturated/α-hetero) is 1. The van der Waals surface area contributed by atoms with Crippen LogP contribution in [-0.2, 0) is 28.5 Å². The molecule has 8 heteroatoms. The summed E-state index contributed by atoms with van der Waals surface area (Å²) in [6, 6.07) is 0. The van der Waals surface area contributed by atoms with E-state index in [4.69, 9.17) is 18.9 Å². The Labute approximate surface area is 172 Å². The predicted octanol–water partition coefficient (Wildman–Crippen LogP) is 2.35. The van der Waals surface area contributed by atoms with Gasteiger partial charge in [-0.15, -0.1) is 0 Å². The van der Waals surface area contributed by atoms with Gasteiger partial charge in [0.25, 0.3) is 0 Å². The van der Waals surface area contributed by atoms with Crippen LogP contribution in [-0.4, -0.2) is 76.4 Å². The van der Waals surface area contributed by atoms with Crippen molar-refractivity contribution in [2.75, 3.05) is 64.7 Å². The minimum atomic E-state index is -0.105. The van der Waals surface area contributed by atoms with E-state index in [1.54, 1.807) is 0 Å². The van der Waals surface area contributed by atoms with Crippen molar-refractivity contribution in [3.8, 4) is 0 Å². The average molecular weight is 454 g/mol. The molecule has 1 N–H and O–H groups in total. The lowest BCUT2D eigenvalue weighted by Crippen LogP contribution is -2.26. The van der Waals surface area contributed by atoms with Crippen LogP contribution in [0.1, 0.15) is 39.5 Å². The molecule has 0 aromatic rings. The molecule has 160 valence electrons. The first-order chi connectivity index (χ1) is 13.1. The minimum Gasteiger partial charge on any atom is -0.379 e. The van der Waals surface area contributed by atoms with Crippen LogP contribution in [0.5, 0.6) is 0 Å².